The van der Waals surface area contributed by atoms with Gasteiger partial charge in [0.2, 0.25) is 11.5 Å². The fourth-order valence-corrected chi connectivity index (χ4v) is 2.96. The van der Waals surface area contributed by atoms with Crippen molar-refractivity contribution >= 4 is 0 Å². The summed E-state index contributed by atoms with van der Waals surface area (Å²) in [7, 11) is 6.54. The van der Waals surface area contributed by atoms with Crippen LogP contribution in [0.5, 0.6) is 23.0 Å². The molecule has 0 aliphatic carbocycles. The van der Waals surface area contributed by atoms with Crippen LogP contribution in [0.15, 0.2) is 6.07 Å². The number of ether oxygens (including phenoxy) is 4. The third-order valence-electron chi connectivity index (χ3n) is 4.66. The van der Waals surface area contributed by atoms with Crippen LogP contribution in [0, 0.1) is 5.92 Å². The van der Waals surface area contributed by atoms with Crippen molar-refractivity contribution in [1.82, 2.24) is 0 Å². The molecule has 0 radical (unpaired) electrons. The van der Waals surface area contributed by atoms with Crippen molar-refractivity contribution in [2.24, 2.45) is 5.92 Å². The lowest BCUT2D eigenvalue weighted by Crippen LogP contribution is -2.02. The van der Waals surface area contributed by atoms with Gasteiger partial charge in [-0.2, -0.15) is 0 Å². The van der Waals surface area contributed by atoms with Gasteiger partial charge in [-0.25, -0.2) is 0 Å². The summed E-state index contributed by atoms with van der Waals surface area (Å²) in [5.74, 6) is 3.46. The van der Waals surface area contributed by atoms with Gasteiger partial charge in [-0.3, -0.25) is 0 Å². The Hall–Kier alpha value is -1.58. The molecule has 0 spiro atoms. The van der Waals surface area contributed by atoms with Crippen molar-refractivity contribution in [1.29, 1.82) is 0 Å². The number of rotatable bonds is 12. The van der Waals surface area contributed by atoms with Gasteiger partial charge in [-0.05, 0) is 24.8 Å². The largest absolute Gasteiger partial charge is 0.493 e. The smallest absolute Gasteiger partial charge is 0.207 e. The van der Waals surface area contributed by atoms with Gasteiger partial charge in [0, 0.05) is 5.56 Å². The van der Waals surface area contributed by atoms with E-state index >= 15 is 0 Å². The Morgan fingerprint density at radius 2 is 1.42 bits per heavy atom. The molecule has 1 aromatic carbocycles. The SMILES string of the molecule is CCC(C)CCCCCCc1cc(OC)c(OC)c(OC)c1OC. The monoisotopic (exact) mass is 338 g/mol. The predicted molar refractivity (Wildman–Crippen MR) is 98.9 cm³/mol. The van der Waals surface area contributed by atoms with Gasteiger partial charge in [-0.1, -0.05) is 46.0 Å². The Kier molecular flexibility index (Phi) is 9.43. The molecule has 1 aromatic rings. The Labute approximate surface area is 147 Å². The van der Waals surface area contributed by atoms with Crippen molar-refractivity contribution in [3.63, 3.8) is 0 Å². The van der Waals surface area contributed by atoms with Crippen molar-refractivity contribution in [3.05, 3.63) is 11.6 Å². The first-order chi connectivity index (χ1) is 11.6. The Bertz CT molecular complexity index is 485. The van der Waals surface area contributed by atoms with Crippen molar-refractivity contribution in [3.8, 4) is 23.0 Å². The van der Waals surface area contributed by atoms with Crippen LogP contribution in [0.1, 0.15) is 57.9 Å². The zero-order chi connectivity index (χ0) is 17.9. The molecule has 0 aliphatic heterocycles. The molecular formula is C20H34O4. The van der Waals surface area contributed by atoms with Crippen LogP contribution in [0.3, 0.4) is 0 Å². The maximum Gasteiger partial charge on any atom is 0.207 e. The molecule has 0 N–H and O–H groups in total. The van der Waals surface area contributed by atoms with Crippen LogP contribution in [0.4, 0.5) is 0 Å². The molecule has 4 heteroatoms. The summed E-state index contributed by atoms with van der Waals surface area (Å²) < 4.78 is 21.9. The van der Waals surface area contributed by atoms with E-state index < -0.39 is 0 Å². The molecule has 0 saturated carbocycles. The van der Waals surface area contributed by atoms with Gasteiger partial charge >= 0.3 is 0 Å². The molecule has 4 nitrogen and oxygen atoms in total. The Balaban J connectivity index is 2.70. The zero-order valence-electron chi connectivity index (χ0n) is 16.2. The lowest BCUT2D eigenvalue weighted by molar-refractivity contribution is 0.303. The van der Waals surface area contributed by atoms with Crippen LogP contribution >= 0.6 is 0 Å². The minimum atomic E-state index is 0.578. The summed E-state index contributed by atoms with van der Waals surface area (Å²) in [6, 6.07) is 2.00. The van der Waals surface area contributed by atoms with Gasteiger partial charge in [0.15, 0.2) is 11.5 Å². The first kappa shape index (κ1) is 20.5. The van der Waals surface area contributed by atoms with E-state index in [4.69, 9.17) is 18.9 Å². The van der Waals surface area contributed by atoms with Gasteiger partial charge in [0.05, 0.1) is 28.4 Å². The van der Waals surface area contributed by atoms with E-state index in [1.165, 1.54) is 32.1 Å². The van der Waals surface area contributed by atoms with Crippen LogP contribution in [0.25, 0.3) is 0 Å². The fraction of sp³-hybridized carbons (Fsp3) is 0.700. The van der Waals surface area contributed by atoms with Crippen molar-refractivity contribution in [2.75, 3.05) is 28.4 Å². The first-order valence-corrected chi connectivity index (χ1v) is 8.98. The van der Waals surface area contributed by atoms with Crippen molar-refractivity contribution in [2.45, 2.75) is 58.8 Å². The molecule has 0 heterocycles. The fourth-order valence-electron chi connectivity index (χ4n) is 2.96. The summed E-state index contributed by atoms with van der Waals surface area (Å²) in [4.78, 5) is 0. The number of methoxy groups -OCH3 is 4. The molecule has 0 aliphatic rings. The third kappa shape index (κ3) is 5.50. The van der Waals surface area contributed by atoms with Gasteiger partial charge in [-0.15, -0.1) is 0 Å². The number of unbranched alkanes of at least 4 members (excludes halogenated alkanes) is 3. The van der Waals surface area contributed by atoms with E-state index in [1.54, 1.807) is 28.4 Å². The summed E-state index contributed by atoms with van der Waals surface area (Å²) in [6.45, 7) is 4.60. The molecule has 138 valence electrons. The summed E-state index contributed by atoms with van der Waals surface area (Å²) in [5, 5.41) is 0. The maximum atomic E-state index is 5.57. The molecule has 0 amide bonds. The lowest BCUT2D eigenvalue weighted by Gasteiger charge is -2.18. The third-order valence-corrected chi connectivity index (χ3v) is 4.66. The van der Waals surface area contributed by atoms with Gasteiger partial charge in [0.1, 0.15) is 0 Å². The lowest BCUT2D eigenvalue weighted by atomic mass is 9.99. The molecule has 0 bridgehead atoms. The average Bonchev–Trinajstić information content (AvgIpc) is 2.62. The standard InChI is InChI=1S/C20H34O4/c1-7-15(2)12-10-8-9-11-13-16-14-17(21-3)19(23-5)20(24-6)18(16)22-4/h14-15H,7-13H2,1-6H3. The van der Waals surface area contributed by atoms with E-state index in [9.17, 15) is 0 Å². The topological polar surface area (TPSA) is 36.9 Å². The second kappa shape index (κ2) is 11.1. The molecule has 24 heavy (non-hydrogen) atoms. The van der Waals surface area contributed by atoms with Crippen LogP contribution < -0.4 is 18.9 Å². The van der Waals surface area contributed by atoms with E-state index in [0.29, 0.717) is 17.2 Å². The Morgan fingerprint density at radius 1 is 0.792 bits per heavy atom. The van der Waals surface area contributed by atoms with E-state index in [-0.39, 0.29) is 0 Å². The van der Waals surface area contributed by atoms with Gasteiger partial charge in [0.25, 0.3) is 0 Å². The van der Waals surface area contributed by atoms with E-state index in [0.717, 1.165) is 30.1 Å². The van der Waals surface area contributed by atoms with E-state index in [1.807, 2.05) is 6.07 Å². The first-order valence-electron chi connectivity index (χ1n) is 8.98. The minimum Gasteiger partial charge on any atom is -0.493 e. The molecule has 1 atom stereocenters. The highest BCUT2D eigenvalue weighted by Crippen LogP contribution is 2.46. The Morgan fingerprint density at radius 3 is 1.96 bits per heavy atom. The zero-order valence-corrected chi connectivity index (χ0v) is 16.2. The molecular weight excluding hydrogens is 304 g/mol. The molecule has 1 unspecified atom stereocenters. The average molecular weight is 338 g/mol. The van der Waals surface area contributed by atoms with Crippen molar-refractivity contribution < 1.29 is 18.9 Å². The highest BCUT2D eigenvalue weighted by Gasteiger charge is 2.21. The second-order valence-corrected chi connectivity index (χ2v) is 6.30. The van der Waals surface area contributed by atoms with Crippen LogP contribution in [0.2, 0.25) is 0 Å². The molecule has 1 rings (SSSR count). The normalized spacial score (nSPS) is 11.9. The van der Waals surface area contributed by atoms with Gasteiger partial charge < -0.3 is 18.9 Å². The predicted octanol–water partition coefficient (Wildman–Crippen LogP) is 5.26. The summed E-state index contributed by atoms with van der Waals surface area (Å²) >= 11 is 0. The van der Waals surface area contributed by atoms with E-state index in [2.05, 4.69) is 13.8 Å². The number of aryl methyl sites for hydroxylation is 1. The maximum absolute atomic E-state index is 5.57. The number of hydrogen-bond acceptors (Lipinski definition) is 4. The molecule has 0 saturated heterocycles. The summed E-state index contributed by atoms with van der Waals surface area (Å²) in [6.07, 6.45) is 8.54. The quantitative estimate of drug-likeness (QED) is 0.487. The number of benzene rings is 1. The highest BCUT2D eigenvalue weighted by molar-refractivity contribution is 5.62. The minimum absolute atomic E-state index is 0.578. The molecule has 0 aromatic heterocycles. The summed E-state index contributed by atoms with van der Waals surface area (Å²) in [5.41, 5.74) is 1.11. The highest BCUT2D eigenvalue weighted by atomic mass is 16.5. The van der Waals surface area contributed by atoms with Crippen LogP contribution in [-0.2, 0) is 6.42 Å². The number of hydrogen-bond donors (Lipinski definition) is 0. The molecule has 0 fully saturated rings. The second-order valence-electron chi connectivity index (χ2n) is 6.30. The van der Waals surface area contributed by atoms with Crippen LogP contribution in [-0.4, -0.2) is 28.4 Å².